The average Bonchev–Trinajstić information content (AvgIpc) is 2.94. The molecule has 2 aromatic carbocycles. The minimum atomic E-state index is -0.263. The molecule has 0 aliphatic carbocycles. The van der Waals surface area contributed by atoms with E-state index in [1.807, 2.05) is 77.9 Å². The molecule has 1 aromatic heterocycles. The van der Waals surface area contributed by atoms with Crippen molar-refractivity contribution in [3.63, 3.8) is 0 Å². The molecule has 3 nitrogen and oxygen atoms in total. The Labute approximate surface area is 168 Å². The minimum Gasteiger partial charge on any atom is -0.507 e. The van der Waals surface area contributed by atoms with Crippen molar-refractivity contribution in [3.8, 4) is 5.75 Å². The van der Waals surface area contributed by atoms with Gasteiger partial charge in [-0.3, -0.25) is 4.79 Å². The molecule has 0 unspecified atom stereocenters. The van der Waals surface area contributed by atoms with Crippen LogP contribution >= 0.6 is 23.1 Å². The zero-order valence-corrected chi connectivity index (χ0v) is 18.2. The Balaban J connectivity index is 2.03. The van der Waals surface area contributed by atoms with Crippen LogP contribution in [-0.4, -0.2) is 15.2 Å². The lowest BCUT2D eigenvalue weighted by atomic mass is 9.78. The Bertz CT molecular complexity index is 939. The summed E-state index contributed by atoms with van der Waals surface area (Å²) in [6.45, 7) is 12.3. The molecule has 0 spiro atoms. The molecule has 0 radical (unpaired) electrons. The number of phenols is 1. The molecule has 0 bridgehead atoms. The highest BCUT2D eigenvalue weighted by Crippen LogP contribution is 2.41. The molecule has 0 atom stereocenters. The zero-order chi connectivity index (χ0) is 20.0. The van der Waals surface area contributed by atoms with Crippen molar-refractivity contribution in [1.29, 1.82) is 0 Å². The van der Waals surface area contributed by atoms with Crippen LogP contribution in [0.1, 0.15) is 63.0 Å². The van der Waals surface area contributed by atoms with Crippen molar-refractivity contribution in [2.75, 3.05) is 0 Å². The number of aromatic hydroxyl groups is 1. The smallest absolute Gasteiger partial charge is 0.226 e. The molecule has 0 amide bonds. The third kappa shape index (κ3) is 4.19. The molecule has 0 aliphatic rings. The van der Waals surface area contributed by atoms with Gasteiger partial charge in [0.05, 0.1) is 10.2 Å². The Morgan fingerprint density at radius 3 is 2.07 bits per heavy atom. The zero-order valence-electron chi connectivity index (χ0n) is 16.6. The van der Waals surface area contributed by atoms with E-state index in [2.05, 4.69) is 4.98 Å². The summed E-state index contributed by atoms with van der Waals surface area (Å²) >= 11 is 2.68. The summed E-state index contributed by atoms with van der Waals surface area (Å²) in [5.41, 5.74) is 2.58. The summed E-state index contributed by atoms with van der Waals surface area (Å²) in [5, 5.41) is 10.8. The molecule has 0 saturated heterocycles. The summed E-state index contributed by atoms with van der Waals surface area (Å²) < 4.78 is 1.81. The molecule has 3 aromatic rings. The molecular weight excluding hydrogens is 374 g/mol. The SMILES string of the molecule is CC(C)(C)c1cc(C(=O)Sc2nc3ccccc3s2)cc(C(C)(C)C)c1O. The number of thioether (sulfide) groups is 1. The van der Waals surface area contributed by atoms with Crippen LogP contribution in [0.5, 0.6) is 5.75 Å². The largest absolute Gasteiger partial charge is 0.507 e. The molecule has 0 saturated carbocycles. The summed E-state index contributed by atoms with van der Waals surface area (Å²) in [7, 11) is 0. The topological polar surface area (TPSA) is 50.2 Å². The maximum absolute atomic E-state index is 13.0. The second-order valence-electron chi connectivity index (χ2n) is 8.76. The highest BCUT2D eigenvalue weighted by molar-refractivity contribution is 8.15. The summed E-state index contributed by atoms with van der Waals surface area (Å²) in [6, 6.07) is 11.5. The van der Waals surface area contributed by atoms with Crippen LogP contribution < -0.4 is 0 Å². The number of aromatic nitrogens is 1. The number of carbonyl (C=O) groups is 1. The van der Waals surface area contributed by atoms with Gasteiger partial charge in [0.2, 0.25) is 5.12 Å². The number of benzene rings is 2. The van der Waals surface area contributed by atoms with Crippen LogP contribution in [-0.2, 0) is 10.8 Å². The van der Waals surface area contributed by atoms with E-state index in [0.717, 1.165) is 37.4 Å². The third-order valence-corrected chi connectivity index (χ3v) is 6.43. The number of hydrogen-bond acceptors (Lipinski definition) is 5. The van der Waals surface area contributed by atoms with Crippen LogP contribution in [0.2, 0.25) is 0 Å². The maximum atomic E-state index is 13.0. The van der Waals surface area contributed by atoms with Gasteiger partial charge in [-0.1, -0.05) is 53.7 Å². The van der Waals surface area contributed by atoms with E-state index in [-0.39, 0.29) is 21.7 Å². The normalized spacial score (nSPS) is 12.5. The van der Waals surface area contributed by atoms with Crippen molar-refractivity contribution < 1.29 is 9.90 Å². The second kappa shape index (κ2) is 6.95. The van der Waals surface area contributed by atoms with Crippen LogP contribution in [0.4, 0.5) is 0 Å². The van der Waals surface area contributed by atoms with Crippen molar-refractivity contribution in [2.24, 2.45) is 0 Å². The molecule has 0 fully saturated rings. The van der Waals surface area contributed by atoms with E-state index >= 15 is 0 Å². The molecule has 5 heteroatoms. The summed E-state index contributed by atoms with van der Waals surface area (Å²) in [5.74, 6) is 0.288. The van der Waals surface area contributed by atoms with Crippen molar-refractivity contribution in [2.45, 2.75) is 56.7 Å². The molecule has 1 heterocycles. The van der Waals surface area contributed by atoms with Gasteiger partial charge in [0, 0.05) is 16.7 Å². The van der Waals surface area contributed by atoms with E-state index in [1.54, 1.807) is 0 Å². The fourth-order valence-electron chi connectivity index (χ4n) is 2.93. The van der Waals surface area contributed by atoms with Crippen molar-refractivity contribution in [3.05, 3.63) is 53.1 Å². The van der Waals surface area contributed by atoms with Crippen LogP contribution in [0.3, 0.4) is 0 Å². The van der Waals surface area contributed by atoms with Crippen LogP contribution in [0.25, 0.3) is 10.2 Å². The number of thiazole rings is 1. The van der Waals surface area contributed by atoms with E-state index in [9.17, 15) is 9.90 Å². The van der Waals surface area contributed by atoms with Gasteiger partial charge >= 0.3 is 0 Å². The number of carbonyl (C=O) groups excluding carboxylic acids is 1. The van der Waals surface area contributed by atoms with Gasteiger partial charge in [0.1, 0.15) is 5.75 Å². The highest BCUT2D eigenvalue weighted by atomic mass is 32.2. The van der Waals surface area contributed by atoms with Crippen molar-refractivity contribution >= 4 is 38.4 Å². The number of para-hydroxylation sites is 1. The maximum Gasteiger partial charge on any atom is 0.226 e. The lowest BCUT2D eigenvalue weighted by Gasteiger charge is -2.28. The fraction of sp³-hybridized carbons (Fsp3) is 0.364. The first-order valence-corrected chi connectivity index (χ1v) is 10.6. The van der Waals surface area contributed by atoms with E-state index in [0.29, 0.717) is 5.56 Å². The van der Waals surface area contributed by atoms with E-state index in [1.165, 1.54) is 11.3 Å². The van der Waals surface area contributed by atoms with Gasteiger partial charge in [0.15, 0.2) is 4.34 Å². The molecule has 1 N–H and O–H groups in total. The lowest BCUT2D eigenvalue weighted by Crippen LogP contribution is -2.18. The molecule has 142 valence electrons. The molecule has 0 aliphatic heterocycles. The number of phenolic OH excluding ortho intramolecular Hbond substituents is 1. The van der Waals surface area contributed by atoms with Crippen LogP contribution in [0.15, 0.2) is 40.7 Å². The fourth-order valence-corrected chi connectivity index (χ4v) is 4.83. The summed E-state index contributed by atoms with van der Waals surface area (Å²) in [4.78, 5) is 17.6. The van der Waals surface area contributed by atoms with Gasteiger partial charge in [-0.05, 0) is 46.9 Å². The van der Waals surface area contributed by atoms with Gasteiger partial charge < -0.3 is 5.11 Å². The standard InChI is InChI=1S/C22H25NO2S2/c1-21(2,3)14-11-13(12-15(18(14)24)22(4,5)6)19(25)27-20-23-16-9-7-8-10-17(16)26-20/h7-12,24H,1-6H3. The Morgan fingerprint density at radius 2 is 1.56 bits per heavy atom. The van der Waals surface area contributed by atoms with E-state index < -0.39 is 0 Å². The number of nitrogens with zero attached hydrogens (tertiary/aromatic N) is 1. The minimum absolute atomic E-state index is 0.0509. The Morgan fingerprint density at radius 1 is 1.00 bits per heavy atom. The predicted octanol–water partition coefficient (Wildman–Crippen LogP) is 6.53. The third-order valence-electron chi connectivity index (χ3n) is 4.42. The quantitative estimate of drug-likeness (QED) is 0.498. The van der Waals surface area contributed by atoms with Gasteiger partial charge in [-0.15, -0.1) is 11.3 Å². The van der Waals surface area contributed by atoms with Gasteiger partial charge in [-0.25, -0.2) is 4.98 Å². The monoisotopic (exact) mass is 399 g/mol. The number of hydrogen-bond donors (Lipinski definition) is 1. The first kappa shape index (κ1) is 19.9. The number of fused-ring (bicyclic) bond motifs is 1. The first-order valence-electron chi connectivity index (χ1n) is 8.92. The second-order valence-corrected chi connectivity index (χ2v) is 11.0. The summed E-state index contributed by atoms with van der Waals surface area (Å²) in [6.07, 6.45) is 0. The van der Waals surface area contributed by atoms with Crippen molar-refractivity contribution in [1.82, 2.24) is 4.98 Å². The van der Waals surface area contributed by atoms with Gasteiger partial charge in [0.25, 0.3) is 0 Å². The highest BCUT2D eigenvalue weighted by Gasteiger charge is 2.28. The Kier molecular flexibility index (Phi) is 5.12. The Hall–Kier alpha value is -1.85. The first-order chi connectivity index (χ1) is 12.5. The number of rotatable bonds is 2. The van der Waals surface area contributed by atoms with E-state index in [4.69, 9.17) is 0 Å². The molecule has 27 heavy (non-hydrogen) atoms. The molecular formula is C22H25NO2S2. The lowest BCUT2D eigenvalue weighted by molar-refractivity contribution is 0.108. The average molecular weight is 400 g/mol. The van der Waals surface area contributed by atoms with Gasteiger partial charge in [-0.2, -0.15) is 0 Å². The molecule has 3 rings (SSSR count). The van der Waals surface area contributed by atoms with Crippen LogP contribution in [0, 0.1) is 0 Å². The predicted molar refractivity (Wildman–Crippen MR) is 115 cm³/mol.